The van der Waals surface area contributed by atoms with Crippen LogP contribution in [0.5, 0.6) is 0 Å². The minimum Gasteiger partial charge on any atom is -0.756 e. The molecule has 0 fully saturated rings. The SMILES string of the molecule is CCCCCCCCCCCCCCCCCCCC/C=C/C(O)C(COP(=O)([O-])OCC[N+](C)(C)C)NC(=O)CCCCCCCCCCCCCCCC. The Balaban J connectivity index is 4.33. The number of allylic oxidation sites excluding steroid dienone is 1. The third-order valence-corrected chi connectivity index (χ3v) is 12.0. The quantitative estimate of drug-likeness (QED) is 0.0274. The number of nitrogens with zero attached hydrogens (tertiary/aromatic N) is 1. The highest BCUT2D eigenvalue weighted by Crippen LogP contribution is 2.38. The molecule has 0 rings (SSSR count). The number of phosphoric ester groups is 1. The Labute approximate surface area is 348 Å². The van der Waals surface area contributed by atoms with Crippen molar-refractivity contribution in [3.05, 3.63) is 12.2 Å². The molecule has 334 valence electrons. The Hall–Kier alpha value is -0.760. The summed E-state index contributed by atoms with van der Waals surface area (Å²) in [5.74, 6) is -0.194. The number of hydrogen-bond donors (Lipinski definition) is 2. The number of likely N-dealkylation sites (N-methyl/N-ethyl adjacent to an activating group) is 1. The van der Waals surface area contributed by atoms with Crippen LogP contribution in [0.4, 0.5) is 0 Å². The number of carbonyl (C=O) groups excluding carboxylic acids is 1. The number of quaternary nitrogens is 1. The maximum atomic E-state index is 12.9. The lowest BCUT2D eigenvalue weighted by molar-refractivity contribution is -0.870. The van der Waals surface area contributed by atoms with Crippen LogP contribution in [0.1, 0.15) is 232 Å². The number of aliphatic hydroxyl groups is 1. The third kappa shape index (κ3) is 41.4. The molecule has 2 N–H and O–H groups in total. The van der Waals surface area contributed by atoms with E-state index < -0.39 is 20.0 Å². The summed E-state index contributed by atoms with van der Waals surface area (Å²) in [7, 11) is 1.27. The van der Waals surface area contributed by atoms with Crippen LogP contribution in [0, 0.1) is 0 Å². The van der Waals surface area contributed by atoms with Crippen LogP contribution < -0.4 is 10.2 Å². The molecule has 0 saturated heterocycles. The van der Waals surface area contributed by atoms with Crippen molar-refractivity contribution in [3.8, 4) is 0 Å². The standard InChI is InChI=1S/C47H95N2O6P/c1-6-8-10-12-14-16-18-20-22-23-24-25-26-27-28-30-32-34-36-38-40-46(50)45(44-55-56(52,53)54-43-42-49(3,4)5)48-47(51)41-39-37-35-33-31-29-21-19-17-15-13-11-9-7-2/h38,40,45-46,50H,6-37,39,41-44H2,1-5H3,(H-,48,51,52,53)/b40-38+. The molecule has 1 amide bonds. The molecule has 0 aliphatic carbocycles. The first kappa shape index (κ1) is 55.2. The van der Waals surface area contributed by atoms with E-state index >= 15 is 0 Å². The Morgan fingerprint density at radius 1 is 0.607 bits per heavy atom. The molecular weight excluding hydrogens is 719 g/mol. The van der Waals surface area contributed by atoms with Crippen molar-refractivity contribution in [3.63, 3.8) is 0 Å². The van der Waals surface area contributed by atoms with E-state index in [9.17, 15) is 19.4 Å². The fourth-order valence-corrected chi connectivity index (χ4v) is 7.88. The van der Waals surface area contributed by atoms with Crippen LogP contribution in [-0.4, -0.2) is 68.5 Å². The minimum absolute atomic E-state index is 0.00227. The zero-order chi connectivity index (χ0) is 41.4. The molecule has 0 aromatic heterocycles. The average molecular weight is 815 g/mol. The van der Waals surface area contributed by atoms with Gasteiger partial charge in [0.15, 0.2) is 0 Å². The van der Waals surface area contributed by atoms with Crippen LogP contribution in [0.15, 0.2) is 12.2 Å². The smallest absolute Gasteiger partial charge is 0.268 e. The van der Waals surface area contributed by atoms with Gasteiger partial charge in [-0.1, -0.05) is 219 Å². The summed E-state index contributed by atoms with van der Waals surface area (Å²) in [6.07, 6.45) is 45.4. The molecule has 0 radical (unpaired) electrons. The third-order valence-electron chi connectivity index (χ3n) is 11.0. The first-order chi connectivity index (χ1) is 27.0. The van der Waals surface area contributed by atoms with Gasteiger partial charge in [0, 0.05) is 6.42 Å². The van der Waals surface area contributed by atoms with Gasteiger partial charge < -0.3 is 28.8 Å². The van der Waals surface area contributed by atoms with Crippen molar-refractivity contribution in [1.82, 2.24) is 5.32 Å². The lowest BCUT2D eigenvalue weighted by Crippen LogP contribution is -2.45. The monoisotopic (exact) mass is 815 g/mol. The molecule has 0 aliphatic heterocycles. The Kier molecular flexibility index (Phi) is 39.1. The van der Waals surface area contributed by atoms with Crippen molar-refractivity contribution >= 4 is 13.7 Å². The van der Waals surface area contributed by atoms with Gasteiger partial charge in [0.05, 0.1) is 39.9 Å². The van der Waals surface area contributed by atoms with Crippen molar-refractivity contribution in [1.29, 1.82) is 0 Å². The highest BCUT2D eigenvalue weighted by Gasteiger charge is 2.23. The van der Waals surface area contributed by atoms with Crippen molar-refractivity contribution in [2.45, 2.75) is 244 Å². The van der Waals surface area contributed by atoms with E-state index in [-0.39, 0.29) is 19.1 Å². The molecular formula is C47H95N2O6P. The molecule has 0 bridgehead atoms. The molecule has 0 aromatic rings. The number of amides is 1. The van der Waals surface area contributed by atoms with E-state index in [0.29, 0.717) is 17.4 Å². The molecule has 0 heterocycles. The number of unbranched alkanes of at least 4 members (excludes halogenated alkanes) is 31. The van der Waals surface area contributed by atoms with Crippen LogP contribution in [0.25, 0.3) is 0 Å². The predicted molar refractivity (Wildman–Crippen MR) is 238 cm³/mol. The summed E-state index contributed by atoms with van der Waals surface area (Å²) in [5.41, 5.74) is 0. The number of aliphatic hydroxyl groups excluding tert-OH is 1. The summed E-state index contributed by atoms with van der Waals surface area (Å²) in [6.45, 7) is 4.67. The normalized spacial score (nSPS) is 14.3. The number of carbonyl (C=O) groups is 1. The Bertz CT molecular complexity index is 927. The fraction of sp³-hybridized carbons (Fsp3) is 0.936. The van der Waals surface area contributed by atoms with Gasteiger partial charge in [0.1, 0.15) is 13.2 Å². The average Bonchev–Trinajstić information content (AvgIpc) is 3.15. The second kappa shape index (κ2) is 39.7. The van der Waals surface area contributed by atoms with Gasteiger partial charge in [-0.15, -0.1) is 0 Å². The van der Waals surface area contributed by atoms with E-state index in [2.05, 4.69) is 19.2 Å². The molecule has 0 saturated carbocycles. The zero-order valence-corrected chi connectivity index (χ0v) is 38.7. The molecule has 0 aromatic carbocycles. The van der Waals surface area contributed by atoms with Gasteiger partial charge in [-0.05, 0) is 19.3 Å². The summed E-state index contributed by atoms with van der Waals surface area (Å²) in [4.78, 5) is 25.3. The lowest BCUT2D eigenvalue weighted by Gasteiger charge is -2.29. The lowest BCUT2D eigenvalue weighted by atomic mass is 10.0. The summed E-state index contributed by atoms with van der Waals surface area (Å²) in [5, 5.41) is 13.8. The fourth-order valence-electron chi connectivity index (χ4n) is 7.15. The Morgan fingerprint density at radius 2 is 0.964 bits per heavy atom. The summed E-state index contributed by atoms with van der Waals surface area (Å²) >= 11 is 0. The van der Waals surface area contributed by atoms with E-state index in [4.69, 9.17) is 9.05 Å². The second-order valence-electron chi connectivity index (χ2n) is 17.8. The van der Waals surface area contributed by atoms with Crippen molar-refractivity contribution in [2.75, 3.05) is 40.9 Å². The van der Waals surface area contributed by atoms with Crippen LogP contribution in [-0.2, 0) is 18.4 Å². The molecule has 8 nitrogen and oxygen atoms in total. The molecule has 3 unspecified atom stereocenters. The van der Waals surface area contributed by atoms with Crippen LogP contribution >= 0.6 is 7.82 Å². The number of rotatable bonds is 44. The number of phosphoric acid groups is 1. The van der Waals surface area contributed by atoms with E-state index in [0.717, 1.165) is 38.5 Å². The number of hydrogen-bond acceptors (Lipinski definition) is 6. The minimum atomic E-state index is -4.58. The first-order valence-electron chi connectivity index (χ1n) is 24.1. The topological polar surface area (TPSA) is 108 Å². The van der Waals surface area contributed by atoms with E-state index in [1.807, 2.05) is 27.2 Å². The van der Waals surface area contributed by atoms with Gasteiger partial charge in [-0.2, -0.15) is 0 Å². The predicted octanol–water partition coefficient (Wildman–Crippen LogP) is 12.9. The van der Waals surface area contributed by atoms with Crippen molar-refractivity contribution in [2.24, 2.45) is 0 Å². The highest BCUT2D eigenvalue weighted by atomic mass is 31.2. The van der Waals surface area contributed by atoms with Gasteiger partial charge in [-0.25, -0.2) is 0 Å². The highest BCUT2D eigenvalue weighted by molar-refractivity contribution is 7.45. The second-order valence-corrected chi connectivity index (χ2v) is 19.2. The molecule has 0 aliphatic rings. The van der Waals surface area contributed by atoms with Crippen LogP contribution in [0.2, 0.25) is 0 Å². The largest absolute Gasteiger partial charge is 0.756 e. The molecule has 0 spiro atoms. The van der Waals surface area contributed by atoms with E-state index in [1.165, 1.54) is 173 Å². The number of nitrogens with one attached hydrogen (secondary N) is 1. The maximum Gasteiger partial charge on any atom is 0.268 e. The first-order valence-corrected chi connectivity index (χ1v) is 25.5. The van der Waals surface area contributed by atoms with Crippen LogP contribution in [0.3, 0.4) is 0 Å². The van der Waals surface area contributed by atoms with Gasteiger partial charge in [-0.3, -0.25) is 9.36 Å². The summed E-state index contributed by atoms with van der Waals surface area (Å²) in [6, 6.07) is -0.880. The summed E-state index contributed by atoms with van der Waals surface area (Å²) < 4.78 is 23.2. The maximum absolute atomic E-state index is 12.9. The van der Waals surface area contributed by atoms with Gasteiger partial charge in [0.2, 0.25) is 5.91 Å². The molecule has 56 heavy (non-hydrogen) atoms. The zero-order valence-electron chi connectivity index (χ0n) is 37.9. The van der Waals surface area contributed by atoms with E-state index in [1.54, 1.807) is 6.08 Å². The molecule has 3 atom stereocenters. The van der Waals surface area contributed by atoms with Crippen molar-refractivity contribution < 1.29 is 32.9 Å². The Morgan fingerprint density at radius 3 is 1.34 bits per heavy atom. The van der Waals surface area contributed by atoms with Gasteiger partial charge in [0.25, 0.3) is 7.82 Å². The molecule has 9 heteroatoms. The van der Waals surface area contributed by atoms with Gasteiger partial charge >= 0.3 is 0 Å².